The normalized spacial score (nSPS) is 12.8. The molecule has 0 unspecified atom stereocenters. The van der Waals surface area contributed by atoms with Gasteiger partial charge in [0.15, 0.2) is 5.76 Å². The molecule has 3 aromatic heterocycles. The van der Waals surface area contributed by atoms with E-state index in [1.807, 2.05) is 0 Å². The van der Waals surface area contributed by atoms with Crippen molar-refractivity contribution in [3.8, 4) is 17.4 Å². The Kier molecular flexibility index (Phi) is 5.05. The van der Waals surface area contributed by atoms with Gasteiger partial charge in [-0.2, -0.15) is 9.78 Å². The number of nitro groups is 1. The van der Waals surface area contributed by atoms with Gasteiger partial charge >= 0.3 is 0 Å². The molecule has 1 amide bonds. The highest BCUT2D eigenvalue weighted by molar-refractivity contribution is 6.04. The highest BCUT2D eigenvalue weighted by atomic mass is 16.6. The molecule has 0 spiro atoms. The Balaban J connectivity index is 1.57. The highest BCUT2D eigenvalue weighted by Crippen LogP contribution is 2.25. The van der Waals surface area contributed by atoms with Crippen LogP contribution in [-0.4, -0.2) is 30.6 Å². The minimum absolute atomic E-state index is 0.100. The number of fused-ring (bicyclic) bond motifs is 1. The van der Waals surface area contributed by atoms with Crippen molar-refractivity contribution in [1.82, 2.24) is 19.7 Å². The van der Waals surface area contributed by atoms with Gasteiger partial charge in [0.25, 0.3) is 17.2 Å². The smallest absolute Gasteiger partial charge is 0.270 e. The number of hydrogen-bond donors (Lipinski definition) is 2. The summed E-state index contributed by atoms with van der Waals surface area (Å²) in [5, 5.41) is 18.2. The van der Waals surface area contributed by atoms with Crippen LogP contribution in [0.25, 0.3) is 17.4 Å². The average molecular weight is 446 g/mol. The van der Waals surface area contributed by atoms with Crippen LogP contribution in [0.2, 0.25) is 0 Å². The van der Waals surface area contributed by atoms with Crippen molar-refractivity contribution < 1.29 is 14.1 Å². The van der Waals surface area contributed by atoms with E-state index in [2.05, 4.69) is 20.4 Å². The van der Waals surface area contributed by atoms with Crippen molar-refractivity contribution in [2.75, 3.05) is 5.32 Å². The Morgan fingerprint density at radius 2 is 2.03 bits per heavy atom. The van der Waals surface area contributed by atoms with Crippen molar-refractivity contribution in [1.29, 1.82) is 0 Å². The summed E-state index contributed by atoms with van der Waals surface area (Å²) in [4.78, 5) is 43.4. The van der Waals surface area contributed by atoms with Crippen LogP contribution in [0.15, 0.2) is 57.9 Å². The first-order chi connectivity index (χ1) is 16.0. The Morgan fingerprint density at radius 3 is 2.82 bits per heavy atom. The molecule has 0 atom stereocenters. The fourth-order valence-electron chi connectivity index (χ4n) is 3.82. The SMILES string of the molecule is O=C(Nc1cc(-c2ccco2)nn1-c1nc2c(c(=O)[nH]1)CCCC2)c1cccc([N+](=O)[O-])c1. The van der Waals surface area contributed by atoms with E-state index < -0.39 is 10.8 Å². The number of amides is 1. The molecule has 3 heterocycles. The van der Waals surface area contributed by atoms with E-state index in [9.17, 15) is 19.7 Å². The second-order valence-electron chi connectivity index (χ2n) is 7.59. The third kappa shape index (κ3) is 3.91. The van der Waals surface area contributed by atoms with Crippen LogP contribution in [0, 0.1) is 10.1 Å². The highest BCUT2D eigenvalue weighted by Gasteiger charge is 2.21. The summed E-state index contributed by atoms with van der Waals surface area (Å²) in [7, 11) is 0. The van der Waals surface area contributed by atoms with E-state index in [1.165, 1.54) is 35.2 Å². The first kappa shape index (κ1) is 20.4. The number of nitro benzene ring substituents is 1. The summed E-state index contributed by atoms with van der Waals surface area (Å²) in [6, 6.07) is 10.4. The summed E-state index contributed by atoms with van der Waals surface area (Å²) >= 11 is 0. The van der Waals surface area contributed by atoms with Crippen LogP contribution < -0.4 is 10.9 Å². The lowest BCUT2D eigenvalue weighted by molar-refractivity contribution is -0.384. The number of aromatic amines is 1. The maximum Gasteiger partial charge on any atom is 0.270 e. The zero-order chi connectivity index (χ0) is 22.9. The average Bonchev–Trinajstić information content (AvgIpc) is 3.49. The number of aryl methyl sites for hydroxylation is 1. The predicted octanol–water partition coefficient (Wildman–Crippen LogP) is 3.25. The number of furan rings is 1. The van der Waals surface area contributed by atoms with Crippen LogP contribution >= 0.6 is 0 Å². The lowest BCUT2D eigenvalue weighted by Gasteiger charge is -2.15. The topological polar surface area (TPSA) is 149 Å². The quantitative estimate of drug-likeness (QED) is 0.353. The second kappa shape index (κ2) is 8.19. The zero-order valence-corrected chi connectivity index (χ0v) is 17.3. The molecule has 11 heteroatoms. The third-order valence-corrected chi connectivity index (χ3v) is 5.42. The van der Waals surface area contributed by atoms with Gasteiger partial charge < -0.3 is 9.73 Å². The number of rotatable bonds is 5. The van der Waals surface area contributed by atoms with E-state index >= 15 is 0 Å². The van der Waals surface area contributed by atoms with Gasteiger partial charge in [0.1, 0.15) is 11.5 Å². The number of aromatic nitrogens is 4. The van der Waals surface area contributed by atoms with Crippen LogP contribution in [0.3, 0.4) is 0 Å². The Bertz CT molecular complexity index is 1420. The van der Waals surface area contributed by atoms with E-state index in [1.54, 1.807) is 18.2 Å². The predicted molar refractivity (Wildman–Crippen MR) is 117 cm³/mol. The molecule has 0 fully saturated rings. The molecular formula is C22H18N6O5. The zero-order valence-electron chi connectivity index (χ0n) is 17.3. The summed E-state index contributed by atoms with van der Waals surface area (Å²) in [5.74, 6) is 0.260. The van der Waals surface area contributed by atoms with Gasteiger partial charge in [-0.05, 0) is 43.9 Å². The van der Waals surface area contributed by atoms with Gasteiger partial charge in [0, 0.05) is 29.3 Å². The maximum absolute atomic E-state index is 12.9. The van der Waals surface area contributed by atoms with E-state index in [4.69, 9.17) is 4.42 Å². The molecule has 5 rings (SSSR count). The Labute approximate surface area is 186 Å². The number of carbonyl (C=O) groups is 1. The summed E-state index contributed by atoms with van der Waals surface area (Å²) in [6.45, 7) is 0. The van der Waals surface area contributed by atoms with Crippen molar-refractivity contribution in [2.24, 2.45) is 0 Å². The number of H-pyrrole nitrogens is 1. The summed E-state index contributed by atoms with van der Waals surface area (Å²) in [5.41, 5.74) is 1.46. The summed E-state index contributed by atoms with van der Waals surface area (Å²) in [6.07, 6.45) is 4.73. The number of carbonyl (C=O) groups excluding carboxylic acids is 1. The number of nitrogens with one attached hydrogen (secondary N) is 2. The van der Waals surface area contributed by atoms with Gasteiger partial charge in [-0.3, -0.25) is 24.7 Å². The number of anilines is 1. The van der Waals surface area contributed by atoms with Crippen LogP contribution in [0.4, 0.5) is 11.5 Å². The maximum atomic E-state index is 12.9. The van der Waals surface area contributed by atoms with Gasteiger partial charge in [-0.1, -0.05) is 6.07 Å². The molecule has 0 saturated carbocycles. The first-order valence-electron chi connectivity index (χ1n) is 10.3. The molecule has 0 bridgehead atoms. The third-order valence-electron chi connectivity index (χ3n) is 5.42. The van der Waals surface area contributed by atoms with Crippen LogP contribution in [0.1, 0.15) is 34.5 Å². The standard InChI is InChI=1S/C22H18N6O5/c29-20(13-5-3-6-14(11-13)28(31)32)24-19-12-17(18-9-4-10-33-18)26-27(19)22-23-16-8-2-1-7-15(16)21(30)25-22/h3-6,9-12H,1-2,7-8H2,(H,24,29)(H,23,25,30). The number of nitrogens with zero attached hydrogens (tertiary/aromatic N) is 4. The largest absolute Gasteiger partial charge is 0.463 e. The lowest BCUT2D eigenvalue weighted by atomic mass is 9.97. The van der Waals surface area contributed by atoms with E-state index in [0.717, 1.165) is 12.8 Å². The minimum Gasteiger partial charge on any atom is -0.463 e. The lowest BCUT2D eigenvalue weighted by Crippen LogP contribution is -2.24. The molecule has 2 N–H and O–H groups in total. The van der Waals surface area contributed by atoms with Crippen molar-refractivity contribution >= 4 is 17.4 Å². The van der Waals surface area contributed by atoms with Gasteiger partial charge in [-0.15, -0.1) is 0 Å². The number of non-ortho nitro benzene ring substituents is 1. The van der Waals surface area contributed by atoms with Gasteiger partial charge in [-0.25, -0.2) is 4.98 Å². The fraction of sp³-hybridized carbons (Fsp3) is 0.182. The molecule has 0 radical (unpaired) electrons. The Hall–Kier alpha value is -4.54. The molecule has 1 aliphatic carbocycles. The van der Waals surface area contributed by atoms with E-state index in [-0.39, 0.29) is 28.6 Å². The van der Waals surface area contributed by atoms with Crippen molar-refractivity contribution in [2.45, 2.75) is 25.7 Å². The molecular weight excluding hydrogens is 428 g/mol. The Morgan fingerprint density at radius 1 is 1.18 bits per heavy atom. The van der Waals surface area contributed by atoms with Crippen molar-refractivity contribution in [3.63, 3.8) is 0 Å². The molecule has 4 aromatic rings. The molecule has 0 saturated heterocycles. The van der Waals surface area contributed by atoms with Crippen LogP contribution in [0.5, 0.6) is 0 Å². The molecule has 1 aromatic carbocycles. The minimum atomic E-state index is -0.578. The fourth-order valence-corrected chi connectivity index (χ4v) is 3.82. The number of hydrogen-bond acceptors (Lipinski definition) is 7. The molecule has 33 heavy (non-hydrogen) atoms. The van der Waals surface area contributed by atoms with Crippen LogP contribution in [-0.2, 0) is 12.8 Å². The summed E-state index contributed by atoms with van der Waals surface area (Å²) < 4.78 is 6.74. The van der Waals surface area contributed by atoms with Gasteiger partial charge in [0.2, 0.25) is 5.95 Å². The number of benzene rings is 1. The monoisotopic (exact) mass is 446 g/mol. The van der Waals surface area contributed by atoms with Crippen molar-refractivity contribution in [3.05, 3.63) is 86.0 Å². The first-order valence-corrected chi connectivity index (χ1v) is 10.3. The van der Waals surface area contributed by atoms with Gasteiger partial charge in [0.05, 0.1) is 16.9 Å². The molecule has 1 aliphatic rings. The molecule has 11 nitrogen and oxygen atoms in total. The molecule has 166 valence electrons. The van der Waals surface area contributed by atoms with E-state index in [0.29, 0.717) is 35.6 Å². The second-order valence-corrected chi connectivity index (χ2v) is 7.59. The molecule has 0 aliphatic heterocycles.